The van der Waals surface area contributed by atoms with Gasteiger partial charge in [-0.15, -0.1) is 0 Å². The van der Waals surface area contributed by atoms with E-state index >= 15 is 0 Å². The van der Waals surface area contributed by atoms with Gasteiger partial charge in [0.15, 0.2) is 0 Å². The van der Waals surface area contributed by atoms with Crippen LogP contribution in [0.3, 0.4) is 0 Å². The third kappa shape index (κ3) is 2.66. The second-order valence-electron chi connectivity index (χ2n) is 5.77. The summed E-state index contributed by atoms with van der Waals surface area (Å²) in [5.74, 6) is -1.16. The molecule has 0 aromatic carbocycles. The Balaban J connectivity index is 1.96. The number of aliphatic carboxylic acids is 1. The molecule has 0 spiro atoms. The zero-order chi connectivity index (χ0) is 13.2. The minimum Gasteiger partial charge on any atom is -0.481 e. The van der Waals surface area contributed by atoms with Crippen molar-refractivity contribution in [3.05, 3.63) is 0 Å². The van der Waals surface area contributed by atoms with Crippen LogP contribution in [0.15, 0.2) is 0 Å². The summed E-state index contributed by atoms with van der Waals surface area (Å²) in [5.41, 5.74) is -0.336. The molecule has 2 fully saturated rings. The highest BCUT2D eigenvalue weighted by Gasteiger charge is 2.39. The molecule has 1 heterocycles. The molecule has 1 saturated carbocycles. The van der Waals surface area contributed by atoms with E-state index in [2.05, 4.69) is 10.6 Å². The Morgan fingerprint density at radius 3 is 2.56 bits per heavy atom. The highest BCUT2D eigenvalue weighted by atomic mass is 16.4. The highest BCUT2D eigenvalue weighted by molar-refractivity contribution is 5.83. The molecule has 5 nitrogen and oxygen atoms in total. The molecule has 18 heavy (non-hydrogen) atoms. The van der Waals surface area contributed by atoms with E-state index < -0.39 is 11.9 Å². The Morgan fingerprint density at radius 1 is 1.28 bits per heavy atom. The van der Waals surface area contributed by atoms with Crippen LogP contribution in [-0.2, 0) is 9.59 Å². The van der Waals surface area contributed by atoms with Crippen LogP contribution < -0.4 is 10.6 Å². The van der Waals surface area contributed by atoms with Crippen LogP contribution in [-0.4, -0.2) is 36.1 Å². The lowest BCUT2D eigenvalue weighted by Gasteiger charge is -2.34. The fourth-order valence-corrected chi connectivity index (χ4v) is 2.98. The lowest BCUT2D eigenvalue weighted by atomic mass is 9.80. The molecule has 1 amide bonds. The van der Waals surface area contributed by atoms with Crippen molar-refractivity contribution in [3.63, 3.8) is 0 Å². The van der Waals surface area contributed by atoms with Crippen LogP contribution in [0, 0.1) is 11.3 Å². The van der Waals surface area contributed by atoms with Gasteiger partial charge in [0.05, 0.1) is 5.92 Å². The molecule has 1 aliphatic heterocycles. The summed E-state index contributed by atoms with van der Waals surface area (Å²) in [4.78, 5) is 23.4. The molecule has 2 rings (SSSR count). The predicted octanol–water partition coefficient (Wildman–Crippen LogP) is 0.746. The van der Waals surface area contributed by atoms with Gasteiger partial charge in [-0.05, 0) is 38.8 Å². The van der Waals surface area contributed by atoms with Crippen LogP contribution in [0.25, 0.3) is 0 Å². The van der Waals surface area contributed by atoms with Crippen molar-refractivity contribution in [1.82, 2.24) is 10.6 Å². The molecule has 0 aromatic heterocycles. The van der Waals surface area contributed by atoms with Crippen molar-refractivity contribution in [1.29, 1.82) is 0 Å². The van der Waals surface area contributed by atoms with Crippen molar-refractivity contribution in [2.24, 2.45) is 11.3 Å². The number of hydrogen-bond donors (Lipinski definition) is 3. The van der Waals surface area contributed by atoms with E-state index in [-0.39, 0.29) is 17.4 Å². The fraction of sp³-hybridized carbons (Fsp3) is 0.846. The first-order chi connectivity index (χ1) is 8.53. The quantitative estimate of drug-likeness (QED) is 0.694. The maximum Gasteiger partial charge on any atom is 0.308 e. The maximum absolute atomic E-state index is 12.3. The summed E-state index contributed by atoms with van der Waals surface area (Å²) in [5, 5.41) is 15.3. The molecule has 0 radical (unpaired) electrons. The molecule has 2 unspecified atom stereocenters. The summed E-state index contributed by atoms with van der Waals surface area (Å²) >= 11 is 0. The number of carbonyl (C=O) groups is 2. The number of rotatable bonds is 3. The van der Waals surface area contributed by atoms with Gasteiger partial charge < -0.3 is 15.7 Å². The Bertz CT molecular complexity index is 337. The summed E-state index contributed by atoms with van der Waals surface area (Å²) in [7, 11) is 0. The van der Waals surface area contributed by atoms with Gasteiger partial charge in [-0.1, -0.05) is 13.3 Å². The van der Waals surface area contributed by atoms with Gasteiger partial charge in [0.2, 0.25) is 5.91 Å². The zero-order valence-corrected chi connectivity index (χ0v) is 10.9. The molecular weight excluding hydrogens is 232 g/mol. The molecule has 0 bridgehead atoms. The first-order valence-corrected chi connectivity index (χ1v) is 6.77. The van der Waals surface area contributed by atoms with Gasteiger partial charge in [-0.25, -0.2) is 0 Å². The lowest BCUT2D eigenvalue weighted by molar-refractivity contribution is -0.142. The van der Waals surface area contributed by atoms with Crippen molar-refractivity contribution in [2.45, 2.75) is 45.1 Å². The van der Waals surface area contributed by atoms with Crippen LogP contribution in [0.1, 0.15) is 39.0 Å². The van der Waals surface area contributed by atoms with Gasteiger partial charge in [-0.3, -0.25) is 9.59 Å². The minimum atomic E-state index is -0.784. The molecule has 5 heteroatoms. The van der Waals surface area contributed by atoms with Crippen molar-refractivity contribution in [2.75, 3.05) is 13.1 Å². The number of carboxylic acids is 1. The smallest absolute Gasteiger partial charge is 0.308 e. The Morgan fingerprint density at radius 2 is 1.94 bits per heavy atom. The van der Waals surface area contributed by atoms with Gasteiger partial charge in [0.25, 0.3) is 0 Å². The second-order valence-corrected chi connectivity index (χ2v) is 5.77. The number of nitrogens with one attached hydrogen (secondary N) is 2. The number of carboxylic acid groups (broad SMARTS) is 1. The van der Waals surface area contributed by atoms with E-state index in [1.165, 1.54) is 0 Å². The highest BCUT2D eigenvalue weighted by Crippen LogP contribution is 2.31. The third-order valence-electron chi connectivity index (χ3n) is 4.40. The summed E-state index contributed by atoms with van der Waals surface area (Å²) < 4.78 is 0. The third-order valence-corrected chi connectivity index (χ3v) is 4.40. The summed E-state index contributed by atoms with van der Waals surface area (Å²) in [6, 6.07) is -0.179. The van der Waals surface area contributed by atoms with Crippen LogP contribution in [0.5, 0.6) is 0 Å². The van der Waals surface area contributed by atoms with Gasteiger partial charge >= 0.3 is 5.97 Å². The van der Waals surface area contributed by atoms with Gasteiger partial charge in [-0.2, -0.15) is 0 Å². The topological polar surface area (TPSA) is 78.4 Å². The van der Waals surface area contributed by atoms with Gasteiger partial charge in [0.1, 0.15) is 0 Å². The molecule has 2 aliphatic rings. The largest absolute Gasteiger partial charge is 0.481 e. The fourth-order valence-electron chi connectivity index (χ4n) is 2.98. The number of hydrogen-bond acceptors (Lipinski definition) is 3. The first-order valence-electron chi connectivity index (χ1n) is 6.77. The molecule has 3 N–H and O–H groups in total. The van der Waals surface area contributed by atoms with Crippen molar-refractivity contribution in [3.8, 4) is 0 Å². The standard InChI is InChI=1S/C13H22N2O3/c1-13(5-7-14-8-6-13)12(18)15-10-4-2-3-9(10)11(16)17/h9-10,14H,2-8H2,1H3,(H,15,18)(H,16,17). The lowest BCUT2D eigenvalue weighted by Crippen LogP contribution is -2.50. The SMILES string of the molecule is CC1(C(=O)NC2CCCC2C(=O)O)CCNCC1. The van der Waals surface area contributed by atoms with E-state index in [0.717, 1.165) is 38.8 Å². The normalized spacial score (nSPS) is 30.9. The van der Waals surface area contributed by atoms with E-state index in [9.17, 15) is 9.59 Å². The molecule has 1 aliphatic carbocycles. The Labute approximate surface area is 107 Å². The first kappa shape index (κ1) is 13.3. The molecule has 102 valence electrons. The molecular formula is C13H22N2O3. The Kier molecular flexibility index (Phi) is 3.90. The zero-order valence-electron chi connectivity index (χ0n) is 10.9. The number of carbonyl (C=O) groups excluding carboxylic acids is 1. The molecule has 2 atom stereocenters. The maximum atomic E-state index is 12.3. The monoisotopic (exact) mass is 254 g/mol. The predicted molar refractivity (Wildman–Crippen MR) is 67.1 cm³/mol. The van der Waals surface area contributed by atoms with Crippen LogP contribution in [0.4, 0.5) is 0 Å². The summed E-state index contributed by atoms with van der Waals surface area (Å²) in [6.45, 7) is 3.70. The minimum absolute atomic E-state index is 0.0298. The van der Waals surface area contributed by atoms with Crippen LogP contribution >= 0.6 is 0 Å². The van der Waals surface area contributed by atoms with E-state index in [1.807, 2.05) is 6.92 Å². The van der Waals surface area contributed by atoms with Crippen molar-refractivity contribution >= 4 is 11.9 Å². The molecule has 0 aromatic rings. The second kappa shape index (κ2) is 5.26. The van der Waals surface area contributed by atoms with Crippen LogP contribution in [0.2, 0.25) is 0 Å². The Hall–Kier alpha value is -1.10. The van der Waals surface area contributed by atoms with Crippen molar-refractivity contribution < 1.29 is 14.7 Å². The average molecular weight is 254 g/mol. The molecule has 1 saturated heterocycles. The average Bonchev–Trinajstić information content (AvgIpc) is 2.78. The summed E-state index contributed by atoms with van der Waals surface area (Å²) in [6.07, 6.45) is 4.00. The number of amides is 1. The van der Waals surface area contributed by atoms with Gasteiger partial charge in [0, 0.05) is 11.5 Å². The van der Waals surface area contributed by atoms with E-state index in [4.69, 9.17) is 5.11 Å². The van der Waals surface area contributed by atoms with E-state index in [1.54, 1.807) is 0 Å². The number of piperidine rings is 1. The van der Waals surface area contributed by atoms with E-state index in [0.29, 0.717) is 6.42 Å².